The highest BCUT2D eigenvalue weighted by molar-refractivity contribution is 6.17. The number of aliphatic hydroxyl groups is 1. The van der Waals surface area contributed by atoms with Gasteiger partial charge < -0.3 is 19.3 Å². The summed E-state index contributed by atoms with van der Waals surface area (Å²) in [6.07, 6.45) is 2.74. The minimum Gasteiger partial charge on any atom is -0.469 e. The summed E-state index contributed by atoms with van der Waals surface area (Å²) >= 11 is 0. The molecule has 0 aromatic carbocycles. The van der Waals surface area contributed by atoms with E-state index in [0.717, 1.165) is 13.5 Å². The normalized spacial score (nSPS) is 19.8. The third-order valence-electron chi connectivity index (χ3n) is 4.24. The number of esters is 3. The molecule has 25 heavy (non-hydrogen) atoms. The summed E-state index contributed by atoms with van der Waals surface area (Å²) in [7, 11) is 3.56. The zero-order chi connectivity index (χ0) is 19.0. The van der Waals surface area contributed by atoms with E-state index in [1.54, 1.807) is 0 Å². The Morgan fingerprint density at radius 3 is 2.20 bits per heavy atom. The van der Waals surface area contributed by atoms with E-state index in [0.29, 0.717) is 25.7 Å². The molecule has 1 unspecified atom stereocenters. The van der Waals surface area contributed by atoms with Crippen LogP contribution in [0.4, 0.5) is 0 Å². The molecule has 0 amide bonds. The van der Waals surface area contributed by atoms with Crippen LogP contribution in [0.1, 0.15) is 44.9 Å². The van der Waals surface area contributed by atoms with Crippen LogP contribution in [0.2, 0.25) is 0 Å². The Morgan fingerprint density at radius 1 is 1.00 bits per heavy atom. The van der Waals surface area contributed by atoms with Crippen molar-refractivity contribution in [2.24, 2.45) is 0 Å². The number of ether oxygens (including phenoxy) is 3. The maximum absolute atomic E-state index is 12.1. The van der Waals surface area contributed by atoms with Crippen molar-refractivity contribution in [1.82, 2.24) is 0 Å². The first kappa shape index (κ1) is 20.8. The van der Waals surface area contributed by atoms with Crippen molar-refractivity contribution in [2.75, 3.05) is 21.3 Å². The summed E-state index contributed by atoms with van der Waals surface area (Å²) in [6, 6.07) is 0. The van der Waals surface area contributed by atoms with E-state index >= 15 is 0 Å². The van der Waals surface area contributed by atoms with Crippen molar-refractivity contribution in [1.29, 1.82) is 0 Å². The van der Waals surface area contributed by atoms with Gasteiger partial charge in [0.1, 0.15) is 0 Å². The summed E-state index contributed by atoms with van der Waals surface area (Å²) in [5.74, 6) is -2.91. The van der Waals surface area contributed by atoms with Crippen LogP contribution in [-0.2, 0) is 33.4 Å². The number of hydrogen-bond acceptors (Lipinski definition) is 8. The van der Waals surface area contributed by atoms with Gasteiger partial charge in [-0.25, -0.2) is 9.59 Å². The van der Waals surface area contributed by atoms with Crippen molar-refractivity contribution in [2.45, 2.75) is 50.5 Å². The Balaban J connectivity index is 2.78. The molecule has 0 fully saturated rings. The van der Waals surface area contributed by atoms with E-state index in [4.69, 9.17) is 0 Å². The number of Topliss-reactive ketones (excluding diaryl/α,β-unsaturated/α-hetero) is 1. The van der Waals surface area contributed by atoms with Gasteiger partial charge in [-0.1, -0.05) is 12.8 Å². The zero-order valence-electron chi connectivity index (χ0n) is 14.8. The standard InChI is InChI=1S/C17H24O8/c1-23-14(19)9-7-5-4-6-8-12-11(15(20)24-2)10-13(18)17(12,22)16(21)25-3/h22H,4-10H2,1-3H3. The molecule has 1 rings (SSSR count). The molecule has 0 saturated heterocycles. The molecule has 1 aliphatic carbocycles. The Bertz CT molecular complexity index is 577. The summed E-state index contributed by atoms with van der Waals surface area (Å²) < 4.78 is 13.7. The van der Waals surface area contributed by atoms with Crippen molar-refractivity contribution in [3.8, 4) is 0 Å². The SMILES string of the molecule is COC(=O)CCCCCCC1=C(C(=O)OC)CC(=O)C1(O)C(=O)OC. The number of carbonyl (C=O) groups is 4. The molecule has 0 radical (unpaired) electrons. The van der Waals surface area contributed by atoms with Crippen LogP contribution in [0.25, 0.3) is 0 Å². The van der Waals surface area contributed by atoms with Crippen LogP contribution in [0.5, 0.6) is 0 Å². The number of hydrogen-bond donors (Lipinski definition) is 1. The molecule has 0 aromatic rings. The molecule has 0 spiro atoms. The van der Waals surface area contributed by atoms with Crippen molar-refractivity contribution < 1.29 is 38.5 Å². The van der Waals surface area contributed by atoms with Crippen LogP contribution in [0.15, 0.2) is 11.1 Å². The van der Waals surface area contributed by atoms with Crippen LogP contribution < -0.4 is 0 Å². The van der Waals surface area contributed by atoms with E-state index in [1.165, 1.54) is 14.2 Å². The van der Waals surface area contributed by atoms with Gasteiger partial charge in [-0.3, -0.25) is 9.59 Å². The fourth-order valence-electron chi connectivity index (χ4n) is 2.84. The second-order valence-electron chi connectivity index (χ2n) is 5.74. The van der Waals surface area contributed by atoms with Gasteiger partial charge in [-0.15, -0.1) is 0 Å². The van der Waals surface area contributed by atoms with Crippen LogP contribution in [0.3, 0.4) is 0 Å². The first-order valence-corrected chi connectivity index (χ1v) is 8.04. The summed E-state index contributed by atoms with van der Waals surface area (Å²) in [6.45, 7) is 0. The molecule has 8 nitrogen and oxygen atoms in total. The molecule has 1 N–H and O–H groups in total. The minimum atomic E-state index is -2.43. The lowest BCUT2D eigenvalue weighted by Gasteiger charge is -2.22. The number of unbranched alkanes of at least 4 members (excludes halogenated alkanes) is 3. The van der Waals surface area contributed by atoms with E-state index in [-0.39, 0.29) is 30.0 Å². The van der Waals surface area contributed by atoms with E-state index in [9.17, 15) is 24.3 Å². The average Bonchev–Trinajstić information content (AvgIpc) is 2.88. The summed E-state index contributed by atoms with van der Waals surface area (Å²) in [4.78, 5) is 47.0. The lowest BCUT2D eigenvalue weighted by Crippen LogP contribution is -2.46. The van der Waals surface area contributed by atoms with Gasteiger partial charge in [0.25, 0.3) is 0 Å². The minimum absolute atomic E-state index is 0.00922. The van der Waals surface area contributed by atoms with Crippen LogP contribution in [-0.4, -0.2) is 55.7 Å². The van der Waals surface area contributed by atoms with Crippen molar-refractivity contribution in [3.05, 3.63) is 11.1 Å². The first-order chi connectivity index (χ1) is 11.8. The quantitative estimate of drug-likeness (QED) is 0.280. The smallest absolute Gasteiger partial charge is 0.350 e. The second kappa shape index (κ2) is 9.31. The Morgan fingerprint density at radius 2 is 1.64 bits per heavy atom. The molecule has 1 aliphatic rings. The fourth-order valence-corrected chi connectivity index (χ4v) is 2.84. The predicted octanol–water partition coefficient (Wildman–Crippen LogP) is 0.846. The van der Waals surface area contributed by atoms with E-state index in [2.05, 4.69) is 14.2 Å². The number of ketones is 1. The van der Waals surface area contributed by atoms with Gasteiger partial charge in [0.05, 0.1) is 21.3 Å². The van der Waals surface area contributed by atoms with Crippen molar-refractivity contribution in [3.63, 3.8) is 0 Å². The molecule has 0 aliphatic heterocycles. The summed E-state index contributed by atoms with van der Waals surface area (Å²) in [5, 5.41) is 10.6. The molecule has 8 heteroatoms. The van der Waals surface area contributed by atoms with Gasteiger partial charge in [0.15, 0.2) is 5.78 Å². The predicted molar refractivity (Wildman–Crippen MR) is 85.3 cm³/mol. The molecule has 0 bridgehead atoms. The number of rotatable bonds is 9. The van der Waals surface area contributed by atoms with Gasteiger partial charge >= 0.3 is 17.9 Å². The second-order valence-corrected chi connectivity index (χ2v) is 5.74. The Kier molecular flexibility index (Phi) is 7.76. The first-order valence-electron chi connectivity index (χ1n) is 8.04. The van der Waals surface area contributed by atoms with Crippen LogP contribution in [0, 0.1) is 0 Å². The third kappa shape index (κ3) is 4.66. The molecular formula is C17H24O8. The topological polar surface area (TPSA) is 116 Å². The number of carbonyl (C=O) groups excluding carboxylic acids is 4. The fraction of sp³-hybridized carbons (Fsp3) is 0.647. The maximum atomic E-state index is 12.1. The van der Waals surface area contributed by atoms with Gasteiger partial charge in [-0.05, 0) is 24.8 Å². The van der Waals surface area contributed by atoms with E-state index < -0.39 is 23.3 Å². The highest BCUT2D eigenvalue weighted by Crippen LogP contribution is 2.37. The maximum Gasteiger partial charge on any atom is 0.350 e. The Labute approximate surface area is 146 Å². The lowest BCUT2D eigenvalue weighted by atomic mass is 9.89. The molecule has 0 saturated carbocycles. The molecule has 140 valence electrons. The summed E-state index contributed by atoms with van der Waals surface area (Å²) in [5.41, 5.74) is -2.37. The van der Waals surface area contributed by atoms with Gasteiger partial charge in [0, 0.05) is 18.4 Å². The highest BCUT2D eigenvalue weighted by Gasteiger charge is 2.54. The molecular weight excluding hydrogens is 332 g/mol. The largest absolute Gasteiger partial charge is 0.469 e. The molecule has 1 atom stereocenters. The lowest BCUT2D eigenvalue weighted by molar-refractivity contribution is -0.163. The third-order valence-corrected chi connectivity index (χ3v) is 4.24. The van der Waals surface area contributed by atoms with Gasteiger partial charge in [-0.2, -0.15) is 0 Å². The monoisotopic (exact) mass is 356 g/mol. The number of methoxy groups -OCH3 is 3. The zero-order valence-corrected chi connectivity index (χ0v) is 14.8. The molecule has 0 aromatic heterocycles. The highest BCUT2D eigenvalue weighted by atomic mass is 16.5. The van der Waals surface area contributed by atoms with Crippen molar-refractivity contribution >= 4 is 23.7 Å². The Hall–Kier alpha value is -2.22. The van der Waals surface area contributed by atoms with E-state index in [1.807, 2.05) is 0 Å². The molecule has 0 heterocycles. The van der Waals surface area contributed by atoms with Gasteiger partial charge in [0.2, 0.25) is 5.60 Å². The average molecular weight is 356 g/mol. The van der Waals surface area contributed by atoms with Crippen LogP contribution >= 0.6 is 0 Å².